The predicted molar refractivity (Wildman–Crippen MR) is 84.1 cm³/mol. The summed E-state index contributed by atoms with van der Waals surface area (Å²) < 4.78 is 5.02. The van der Waals surface area contributed by atoms with Crippen LogP contribution >= 0.6 is 11.6 Å². The molecule has 0 atom stereocenters. The van der Waals surface area contributed by atoms with Crippen LogP contribution in [0.1, 0.15) is 26.3 Å². The molecule has 0 saturated carbocycles. The number of anilines is 2. The van der Waals surface area contributed by atoms with E-state index in [0.717, 1.165) is 0 Å². The average Bonchev–Trinajstić information content (AvgIpc) is 2.89. The highest BCUT2D eigenvalue weighted by atomic mass is 35.5. The van der Waals surface area contributed by atoms with E-state index >= 15 is 0 Å². The second-order valence-corrected chi connectivity index (χ2v) is 5.32. The maximum atomic E-state index is 12.7. The minimum atomic E-state index is -1.20. The van der Waals surface area contributed by atoms with Gasteiger partial charge in [-0.1, -0.05) is 11.6 Å². The van der Waals surface area contributed by atoms with E-state index in [1.807, 2.05) is 0 Å². The molecule has 1 aromatic heterocycles. The van der Waals surface area contributed by atoms with Gasteiger partial charge in [-0.3, -0.25) is 9.69 Å². The van der Waals surface area contributed by atoms with Gasteiger partial charge in [-0.2, -0.15) is 4.98 Å². The second kappa shape index (κ2) is 5.44. The molecule has 1 aromatic carbocycles. The van der Waals surface area contributed by atoms with Crippen molar-refractivity contribution < 1.29 is 19.4 Å². The summed E-state index contributed by atoms with van der Waals surface area (Å²) in [4.78, 5) is 29.4. The number of fused-ring (bicyclic) bond motifs is 1. The molecule has 0 fully saturated rings. The lowest BCUT2D eigenvalue weighted by Crippen LogP contribution is -2.26. The van der Waals surface area contributed by atoms with Crippen LogP contribution in [0.15, 0.2) is 24.3 Å². The predicted octanol–water partition coefficient (Wildman–Crippen LogP) is 2.18. The third kappa shape index (κ3) is 2.35. The molecule has 0 bridgehead atoms. The molecule has 0 spiro atoms. The van der Waals surface area contributed by atoms with E-state index in [0.29, 0.717) is 10.6 Å². The van der Waals surface area contributed by atoms with Gasteiger partial charge in [0.15, 0.2) is 5.82 Å². The van der Waals surface area contributed by atoms with Gasteiger partial charge in [-0.05, 0) is 18.2 Å². The zero-order chi connectivity index (χ0) is 16.7. The monoisotopic (exact) mass is 333 g/mol. The highest BCUT2D eigenvalue weighted by molar-refractivity contribution is 6.33. The number of benzene rings is 1. The van der Waals surface area contributed by atoms with E-state index in [2.05, 4.69) is 4.98 Å². The van der Waals surface area contributed by atoms with Crippen molar-refractivity contribution in [3.63, 3.8) is 0 Å². The first kappa shape index (κ1) is 15.1. The normalized spacial score (nSPS) is 13.1. The van der Waals surface area contributed by atoms with E-state index in [9.17, 15) is 14.7 Å². The molecule has 2 heterocycles. The molecule has 3 N–H and O–H groups in total. The van der Waals surface area contributed by atoms with Crippen molar-refractivity contribution in [2.45, 2.75) is 6.54 Å². The Morgan fingerprint density at radius 1 is 1.39 bits per heavy atom. The van der Waals surface area contributed by atoms with Gasteiger partial charge in [0, 0.05) is 22.3 Å². The number of ether oxygens (including phenoxy) is 1. The van der Waals surface area contributed by atoms with Gasteiger partial charge in [0.25, 0.3) is 5.91 Å². The third-order valence-electron chi connectivity index (χ3n) is 3.61. The minimum Gasteiger partial charge on any atom is -0.481 e. The van der Waals surface area contributed by atoms with Crippen molar-refractivity contribution >= 4 is 35.0 Å². The van der Waals surface area contributed by atoms with Gasteiger partial charge < -0.3 is 15.6 Å². The lowest BCUT2D eigenvalue weighted by Gasteiger charge is -2.17. The van der Waals surface area contributed by atoms with Gasteiger partial charge in [-0.25, -0.2) is 4.79 Å². The minimum absolute atomic E-state index is 0.00600. The van der Waals surface area contributed by atoms with E-state index in [4.69, 9.17) is 22.1 Å². The van der Waals surface area contributed by atoms with Crippen molar-refractivity contribution in [2.75, 3.05) is 17.7 Å². The first-order chi connectivity index (χ1) is 10.9. The number of pyridine rings is 1. The molecule has 0 unspecified atom stereocenters. The van der Waals surface area contributed by atoms with Crippen molar-refractivity contribution in [1.82, 2.24) is 4.98 Å². The first-order valence-corrected chi connectivity index (χ1v) is 6.99. The fourth-order valence-electron chi connectivity index (χ4n) is 2.50. The molecule has 7 nitrogen and oxygen atoms in total. The highest BCUT2D eigenvalue weighted by Gasteiger charge is 2.35. The number of hydrogen-bond acceptors (Lipinski definition) is 5. The van der Waals surface area contributed by atoms with Crippen LogP contribution in [0.2, 0.25) is 5.02 Å². The SMILES string of the molecule is COc1ccc(C(=O)O)c(N2Cc3c(Cl)ccc(N)c3C2=O)n1. The molecule has 0 saturated heterocycles. The van der Waals surface area contributed by atoms with Gasteiger partial charge in [0.1, 0.15) is 5.56 Å². The smallest absolute Gasteiger partial charge is 0.339 e. The number of carbonyl (C=O) groups excluding carboxylic acids is 1. The van der Waals surface area contributed by atoms with Crippen molar-refractivity contribution in [3.05, 3.63) is 46.0 Å². The largest absolute Gasteiger partial charge is 0.481 e. The number of rotatable bonds is 3. The number of aromatic nitrogens is 1. The number of halogens is 1. The number of carboxylic acids is 1. The molecular weight excluding hydrogens is 322 g/mol. The second-order valence-electron chi connectivity index (χ2n) is 4.91. The molecule has 23 heavy (non-hydrogen) atoms. The number of nitrogens with zero attached hydrogens (tertiary/aromatic N) is 2. The molecule has 2 aromatic rings. The van der Waals surface area contributed by atoms with Crippen LogP contribution in [-0.4, -0.2) is 29.1 Å². The molecule has 1 amide bonds. The summed E-state index contributed by atoms with van der Waals surface area (Å²) in [6, 6.07) is 5.90. The Kier molecular flexibility index (Phi) is 3.57. The number of amides is 1. The van der Waals surface area contributed by atoms with E-state index in [-0.39, 0.29) is 35.1 Å². The fraction of sp³-hybridized carbons (Fsp3) is 0.133. The van der Waals surface area contributed by atoms with Crippen molar-refractivity contribution in [3.8, 4) is 5.88 Å². The summed E-state index contributed by atoms with van der Waals surface area (Å²) in [5, 5.41) is 9.73. The quantitative estimate of drug-likeness (QED) is 0.834. The van der Waals surface area contributed by atoms with Crippen molar-refractivity contribution in [1.29, 1.82) is 0 Å². The van der Waals surface area contributed by atoms with Crippen LogP contribution < -0.4 is 15.4 Å². The van der Waals surface area contributed by atoms with E-state index < -0.39 is 11.9 Å². The highest BCUT2D eigenvalue weighted by Crippen LogP contribution is 2.36. The molecule has 118 valence electrons. The third-order valence-corrected chi connectivity index (χ3v) is 3.96. The van der Waals surface area contributed by atoms with Gasteiger partial charge >= 0.3 is 5.97 Å². The van der Waals surface area contributed by atoms with Gasteiger partial charge in [0.2, 0.25) is 5.88 Å². The summed E-state index contributed by atoms with van der Waals surface area (Å²) in [7, 11) is 1.40. The van der Waals surface area contributed by atoms with Crippen LogP contribution in [0.5, 0.6) is 5.88 Å². The molecule has 3 rings (SSSR count). The number of carbonyl (C=O) groups is 2. The number of nitrogen functional groups attached to an aromatic ring is 1. The molecule has 1 aliphatic heterocycles. The molecular formula is C15H12ClN3O4. The number of aromatic carboxylic acids is 1. The Balaban J connectivity index is 2.15. The van der Waals surface area contributed by atoms with Crippen LogP contribution in [0.4, 0.5) is 11.5 Å². The topological polar surface area (TPSA) is 106 Å². The summed E-state index contributed by atoms with van der Waals surface area (Å²) in [5.41, 5.74) is 6.87. The Morgan fingerprint density at radius 3 is 2.74 bits per heavy atom. The summed E-state index contributed by atoms with van der Waals surface area (Å²) in [5.74, 6) is -1.44. The first-order valence-electron chi connectivity index (χ1n) is 6.61. The van der Waals surface area contributed by atoms with Crippen LogP contribution in [0.3, 0.4) is 0 Å². The fourth-order valence-corrected chi connectivity index (χ4v) is 2.72. The summed E-state index contributed by atoms with van der Waals surface area (Å²) in [6.07, 6.45) is 0. The number of nitrogens with two attached hydrogens (primary N) is 1. The molecule has 1 aliphatic rings. The maximum Gasteiger partial charge on any atom is 0.339 e. The lowest BCUT2D eigenvalue weighted by molar-refractivity contribution is 0.0697. The van der Waals surface area contributed by atoms with Gasteiger partial charge in [0.05, 0.1) is 19.2 Å². The average molecular weight is 334 g/mol. The van der Waals surface area contributed by atoms with E-state index in [1.165, 1.54) is 24.1 Å². The maximum absolute atomic E-state index is 12.7. The Hall–Kier alpha value is -2.80. The Labute approximate surface area is 136 Å². The number of carboxylic acid groups (broad SMARTS) is 1. The molecule has 0 aliphatic carbocycles. The van der Waals surface area contributed by atoms with Gasteiger partial charge in [-0.15, -0.1) is 0 Å². The standard InChI is InChI=1S/C15H12ClN3O4/c1-23-11-5-2-7(15(21)22)13(18-11)19-6-8-9(16)3-4-10(17)12(8)14(19)20/h2-5H,6,17H2,1H3,(H,21,22). The van der Waals surface area contributed by atoms with Crippen LogP contribution in [0, 0.1) is 0 Å². The van der Waals surface area contributed by atoms with E-state index in [1.54, 1.807) is 12.1 Å². The Bertz CT molecular complexity index is 838. The van der Waals surface area contributed by atoms with Crippen LogP contribution in [-0.2, 0) is 6.54 Å². The molecule has 8 heteroatoms. The zero-order valence-electron chi connectivity index (χ0n) is 12.0. The number of hydrogen-bond donors (Lipinski definition) is 2. The lowest BCUT2D eigenvalue weighted by atomic mass is 10.1. The zero-order valence-corrected chi connectivity index (χ0v) is 12.8. The molecule has 0 radical (unpaired) electrons. The number of methoxy groups -OCH3 is 1. The summed E-state index contributed by atoms with van der Waals surface area (Å²) in [6.45, 7) is 0.0957. The van der Waals surface area contributed by atoms with Crippen molar-refractivity contribution in [2.24, 2.45) is 0 Å². The summed E-state index contributed by atoms with van der Waals surface area (Å²) >= 11 is 6.12. The van der Waals surface area contributed by atoms with Crippen LogP contribution in [0.25, 0.3) is 0 Å². The Morgan fingerprint density at radius 2 is 2.13 bits per heavy atom.